The highest BCUT2D eigenvalue weighted by molar-refractivity contribution is 7.13. The zero-order chi connectivity index (χ0) is 15.7. The third-order valence-electron chi connectivity index (χ3n) is 3.42. The number of phenolic OH excluding ortho intramolecular Hbond substituents is 2. The van der Waals surface area contributed by atoms with Crippen molar-refractivity contribution in [3.05, 3.63) is 70.6 Å². The number of hydrogen-bond acceptors (Lipinski definition) is 4. The van der Waals surface area contributed by atoms with Gasteiger partial charge in [0.15, 0.2) is 5.78 Å². The highest BCUT2D eigenvalue weighted by Crippen LogP contribution is 2.31. The molecular formula is C18H13O3S. The zero-order valence-electron chi connectivity index (χ0n) is 11.8. The Kier molecular flexibility index (Phi) is 3.69. The number of ketones is 1. The summed E-state index contributed by atoms with van der Waals surface area (Å²) in [5, 5.41) is 21.5. The number of carbonyl (C=O) groups is 1. The molecule has 0 saturated heterocycles. The molecule has 0 bridgehead atoms. The molecule has 1 aromatic heterocycles. The third kappa shape index (κ3) is 2.61. The minimum absolute atomic E-state index is 0.00804. The summed E-state index contributed by atoms with van der Waals surface area (Å²) in [4.78, 5) is 13.6. The van der Waals surface area contributed by atoms with E-state index in [1.807, 2.05) is 23.6 Å². The lowest BCUT2D eigenvalue weighted by Gasteiger charge is -2.08. The van der Waals surface area contributed by atoms with E-state index in [0.717, 1.165) is 10.4 Å². The van der Waals surface area contributed by atoms with Gasteiger partial charge >= 0.3 is 0 Å². The van der Waals surface area contributed by atoms with Crippen molar-refractivity contribution < 1.29 is 15.0 Å². The summed E-state index contributed by atoms with van der Waals surface area (Å²) in [6, 6.07) is 14.6. The van der Waals surface area contributed by atoms with Crippen LogP contribution in [0.25, 0.3) is 10.4 Å². The molecule has 3 aromatic rings. The molecule has 3 nitrogen and oxygen atoms in total. The average molecular weight is 309 g/mol. The van der Waals surface area contributed by atoms with Crippen LogP contribution in [0, 0.1) is 13.0 Å². The molecule has 0 fully saturated rings. The first-order chi connectivity index (χ1) is 10.6. The minimum atomic E-state index is -0.288. The van der Waals surface area contributed by atoms with Gasteiger partial charge in [0.25, 0.3) is 0 Å². The second kappa shape index (κ2) is 5.66. The molecule has 0 aliphatic heterocycles. The summed E-state index contributed by atoms with van der Waals surface area (Å²) >= 11 is 1.57. The maximum Gasteiger partial charge on any atom is 0.197 e. The Bertz CT molecular complexity index is 836. The Hall–Kier alpha value is -2.59. The highest BCUT2D eigenvalue weighted by atomic mass is 32.1. The Labute approximate surface area is 132 Å². The van der Waals surface area contributed by atoms with Crippen molar-refractivity contribution in [2.75, 3.05) is 0 Å². The van der Waals surface area contributed by atoms with Crippen molar-refractivity contribution in [2.24, 2.45) is 0 Å². The third-order valence-corrected chi connectivity index (χ3v) is 4.34. The average Bonchev–Trinajstić information content (AvgIpc) is 3.00. The Morgan fingerprint density at radius 3 is 2.50 bits per heavy atom. The largest absolute Gasteiger partial charge is 0.507 e. The standard InChI is InChI=1S/C18H13O3S/c1-11-9-13(19)5-7-14(11)18(21)15-6-4-12(10-16(15)20)17-3-2-8-22-17/h2-8,10,19-20H,1H3. The molecule has 3 rings (SSSR count). The fraction of sp³-hybridized carbons (Fsp3) is 0.0556. The predicted molar refractivity (Wildman–Crippen MR) is 86.5 cm³/mol. The summed E-state index contributed by atoms with van der Waals surface area (Å²) in [5.74, 6) is -0.348. The van der Waals surface area contributed by atoms with Gasteiger partial charge in [-0.1, -0.05) is 12.1 Å². The van der Waals surface area contributed by atoms with E-state index in [1.54, 1.807) is 30.4 Å². The summed E-state index contributed by atoms with van der Waals surface area (Å²) < 4.78 is 0. The smallest absolute Gasteiger partial charge is 0.197 e. The Balaban J connectivity index is 2.00. The maximum absolute atomic E-state index is 12.5. The molecule has 0 unspecified atom stereocenters. The van der Waals surface area contributed by atoms with Crippen molar-refractivity contribution in [1.82, 2.24) is 0 Å². The summed E-state index contributed by atoms with van der Waals surface area (Å²) in [7, 11) is 0. The maximum atomic E-state index is 12.5. The van der Waals surface area contributed by atoms with E-state index >= 15 is 0 Å². The monoisotopic (exact) mass is 309 g/mol. The van der Waals surface area contributed by atoms with E-state index in [1.165, 1.54) is 12.1 Å². The SMILES string of the molecule is Cc1[c]c(O)ccc1C(=O)c1ccc(-c2cccs2)cc1O. The molecule has 0 aliphatic carbocycles. The number of hydrogen-bond donors (Lipinski definition) is 2. The molecule has 0 spiro atoms. The number of aromatic hydroxyl groups is 2. The van der Waals surface area contributed by atoms with Crippen molar-refractivity contribution in [3.63, 3.8) is 0 Å². The lowest BCUT2D eigenvalue weighted by molar-refractivity contribution is 0.103. The first kappa shape index (κ1) is 14.4. The second-order valence-corrected chi connectivity index (χ2v) is 5.87. The van der Waals surface area contributed by atoms with Crippen LogP contribution in [0.2, 0.25) is 0 Å². The molecule has 0 aliphatic rings. The van der Waals surface area contributed by atoms with Gasteiger partial charge in [-0.25, -0.2) is 0 Å². The van der Waals surface area contributed by atoms with Crippen LogP contribution in [-0.4, -0.2) is 16.0 Å². The molecule has 4 heteroatoms. The van der Waals surface area contributed by atoms with Gasteiger partial charge in [-0.15, -0.1) is 11.3 Å². The lowest BCUT2D eigenvalue weighted by Crippen LogP contribution is -2.04. The minimum Gasteiger partial charge on any atom is -0.507 e. The molecule has 0 atom stereocenters. The van der Waals surface area contributed by atoms with Crippen molar-refractivity contribution in [1.29, 1.82) is 0 Å². The Morgan fingerprint density at radius 2 is 1.86 bits per heavy atom. The Morgan fingerprint density at radius 1 is 1.09 bits per heavy atom. The predicted octanol–water partition coefficient (Wildman–Crippen LogP) is 4.17. The summed E-state index contributed by atoms with van der Waals surface area (Å²) in [6.45, 7) is 1.70. The summed E-state index contributed by atoms with van der Waals surface area (Å²) in [6.07, 6.45) is 0. The second-order valence-electron chi connectivity index (χ2n) is 4.92. The molecule has 0 saturated carbocycles. The highest BCUT2D eigenvalue weighted by Gasteiger charge is 2.16. The van der Waals surface area contributed by atoms with Gasteiger partial charge in [-0.05, 0) is 53.8 Å². The molecular weight excluding hydrogens is 296 g/mol. The number of rotatable bonds is 3. The fourth-order valence-electron chi connectivity index (χ4n) is 2.30. The molecule has 22 heavy (non-hydrogen) atoms. The van der Waals surface area contributed by atoms with Gasteiger partial charge in [-0.2, -0.15) is 0 Å². The van der Waals surface area contributed by atoms with E-state index < -0.39 is 0 Å². The fourth-order valence-corrected chi connectivity index (χ4v) is 3.02. The van der Waals surface area contributed by atoms with Crippen molar-refractivity contribution in [2.45, 2.75) is 6.92 Å². The van der Waals surface area contributed by atoms with E-state index in [-0.39, 0.29) is 22.8 Å². The van der Waals surface area contributed by atoms with Crippen LogP contribution in [0.4, 0.5) is 0 Å². The van der Waals surface area contributed by atoms with Crippen LogP contribution in [0.3, 0.4) is 0 Å². The van der Waals surface area contributed by atoms with E-state index in [0.29, 0.717) is 11.1 Å². The van der Waals surface area contributed by atoms with Gasteiger partial charge < -0.3 is 10.2 Å². The first-order valence-electron chi connectivity index (χ1n) is 6.70. The first-order valence-corrected chi connectivity index (χ1v) is 7.57. The van der Waals surface area contributed by atoms with Crippen molar-refractivity contribution >= 4 is 17.1 Å². The van der Waals surface area contributed by atoms with Crippen LogP contribution >= 0.6 is 11.3 Å². The molecule has 1 radical (unpaired) electrons. The van der Waals surface area contributed by atoms with E-state index in [2.05, 4.69) is 6.07 Å². The topological polar surface area (TPSA) is 57.5 Å². The van der Waals surface area contributed by atoms with Crippen LogP contribution in [0.5, 0.6) is 11.5 Å². The van der Waals surface area contributed by atoms with Crippen LogP contribution in [-0.2, 0) is 0 Å². The quantitative estimate of drug-likeness (QED) is 0.714. The summed E-state index contributed by atoms with van der Waals surface area (Å²) in [5.41, 5.74) is 2.07. The van der Waals surface area contributed by atoms with Crippen LogP contribution < -0.4 is 0 Å². The normalized spacial score (nSPS) is 10.6. The van der Waals surface area contributed by atoms with Gasteiger partial charge in [0.1, 0.15) is 11.5 Å². The van der Waals surface area contributed by atoms with Gasteiger partial charge in [-0.3, -0.25) is 4.79 Å². The molecule has 109 valence electrons. The zero-order valence-corrected chi connectivity index (χ0v) is 12.6. The van der Waals surface area contributed by atoms with Crippen molar-refractivity contribution in [3.8, 4) is 21.9 Å². The van der Waals surface area contributed by atoms with Crippen LogP contribution in [0.15, 0.2) is 47.8 Å². The molecule has 2 aromatic carbocycles. The number of aryl methyl sites for hydroxylation is 1. The molecule has 0 amide bonds. The molecule has 1 heterocycles. The van der Waals surface area contributed by atoms with Gasteiger partial charge in [0.2, 0.25) is 0 Å². The number of benzene rings is 2. The molecule has 2 N–H and O–H groups in total. The van der Waals surface area contributed by atoms with Gasteiger partial charge in [0.05, 0.1) is 5.56 Å². The van der Waals surface area contributed by atoms with Gasteiger partial charge in [0, 0.05) is 16.5 Å². The lowest BCUT2D eigenvalue weighted by atomic mass is 9.97. The number of carbonyl (C=O) groups excluding carboxylic acids is 1. The van der Waals surface area contributed by atoms with E-state index in [4.69, 9.17) is 0 Å². The number of thiophene rings is 1. The van der Waals surface area contributed by atoms with E-state index in [9.17, 15) is 15.0 Å². The number of phenols is 2. The van der Waals surface area contributed by atoms with Crippen LogP contribution in [0.1, 0.15) is 21.5 Å².